The number of amides is 1. The number of anilines is 1. The molecule has 13 nitrogen and oxygen atoms in total. The Labute approximate surface area is 367 Å². The first-order valence-corrected chi connectivity index (χ1v) is 23.8. The third-order valence-corrected chi connectivity index (χ3v) is 15.3. The van der Waals surface area contributed by atoms with E-state index in [0.717, 1.165) is 86.7 Å². The highest BCUT2D eigenvalue weighted by molar-refractivity contribution is 7.90. The number of fused-ring (bicyclic) bond motifs is 1. The van der Waals surface area contributed by atoms with Gasteiger partial charge in [-0.15, -0.1) is 0 Å². The number of nitro groups is 1. The number of ether oxygens (including phenoxy) is 1. The number of piperazine rings is 1. The Morgan fingerprint density at radius 2 is 1.74 bits per heavy atom. The zero-order valence-corrected chi connectivity index (χ0v) is 36.4. The minimum absolute atomic E-state index is 0.0447. The SMILES string of the molecule is O=C(NS(=O)(=O)c1ccc(CCC2CCCCC2)c([N+](=O)[O-])c1)c1ncc(N2CCN(CC3=C(c4ccc(Cl)cc4)CC4(CCC4)CC3)CC2)cc1Oc1cnc2[nH]ccc2c1. The molecule has 2 aromatic carbocycles. The first-order chi connectivity index (χ1) is 30.0. The van der Waals surface area contributed by atoms with Crippen molar-refractivity contribution in [3.05, 3.63) is 117 Å². The van der Waals surface area contributed by atoms with E-state index in [4.69, 9.17) is 16.3 Å². The number of carbonyl (C=O) groups is 1. The fraction of sp³-hybridized carbons (Fsp3) is 0.426. The van der Waals surface area contributed by atoms with Crippen LogP contribution in [0, 0.1) is 21.4 Å². The average molecular weight is 878 g/mol. The average Bonchev–Trinajstić information content (AvgIpc) is 3.74. The molecule has 324 valence electrons. The number of sulfonamides is 1. The van der Waals surface area contributed by atoms with Gasteiger partial charge in [-0.2, -0.15) is 0 Å². The molecule has 1 aliphatic heterocycles. The zero-order chi connectivity index (χ0) is 42.8. The van der Waals surface area contributed by atoms with Gasteiger partial charge in [0.15, 0.2) is 11.4 Å². The summed E-state index contributed by atoms with van der Waals surface area (Å²) < 4.78 is 35.8. The van der Waals surface area contributed by atoms with Crippen molar-refractivity contribution >= 4 is 55.5 Å². The summed E-state index contributed by atoms with van der Waals surface area (Å²) in [6.07, 6.45) is 19.3. The number of allylic oxidation sites excluding steroid dienone is 1. The van der Waals surface area contributed by atoms with Crippen molar-refractivity contribution in [2.45, 2.75) is 88.4 Å². The van der Waals surface area contributed by atoms with Gasteiger partial charge in [0.05, 0.1) is 27.9 Å². The summed E-state index contributed by atoms with van der Waals surface area (Å²) in [5.41, 5.74) is 6.02. The van der Waals surface area contributed by atoms with Crippen LogP contribution in [0.1, 0.15) is 98.7 Å². The largest absolute Gasteiger partial charge is 0.453 e. The molecule has 62 heavy (non-hydrogen) atoms. The number of aryl methyl sites for hydroxylation is 1. The minimum Gasteiger partial charge on any atom is -0.453 e. The number of nitro benzene ring substituents is 1. The lowest BCUT2D eigenvalue weighted by Gasteiger charge is -2.47. The van der Waals surface area contributed by atoms with Crippen LogP contribution in [0.25, 0.3) is 16.6 Å². The number of halogens is 1. The lowest BCUT2D eigenvalue weighted by atomic mass is 9.59. The maximum absolute atomic E-state index is 13.9. The van der Waals surface area contributed by atoms with E-state index >= 15 is 0 Å². The number of aromatic amines is 1. The van der Waals surface area contributed by atoms with Crippen LogP contribution in [-0.4, -0.2) is 71.8 Å². The third kappa shape index (κ3) is 9.23. The molecule has 2 saturated carbocycles. The highest BCUT2D eigenvalue weighted by Gasteiger charge is 2.41. The normalized spacial score (nSPS) is 18.5. The van der Waals surface area contributed by atoms with E-state index in [1.54, 1.807) is 24.5 Å². The number of hydrogen-bond donors (Lipinski definition) is 2. The van der Waals surface area contributed by atoms with Crippen LogP contribution < -0.4 is 14.4 Å². The van der Waals surface area contributed by atoms with Crippen LogP contribution in [-0.2, 0) is 16.4 Å². The Morgan fingerprint density at radius 1 is 0.952 bits per heavy atom. The van der Waals surface area contributed by atoms with Crippen molar-refractivity contribution in [2.75, 3.05) is 37.6 Å². The maximum atomic E-state index is 13.9. The summed E-state index contributed by atoms with van der Waals surface area (Å²) in [7, 11) is -4.55. The monoisotopic (exact) mass is 877 g/mol. The molecule has 4 aliphatic rings. The second-order valence-electron chi connectivity index (χ2n) is 17.6. The topological polar surface area (TPSA) is 164 Å². The Bertz CT molecular complexity index is 2610. The van der Waals surface area contributed by atoms with Gasteiger partial charge >= 0.3 is 0 Å². The molecule has 3 aromatic heterocycles. The van der Waals surface area contributed by atoms with Crippen molar-refractivity contribution in [2.24, 2.45) is 11.3 Å². The van der Waals surface area contributed by atoms with Gasteiger partial charge in [-0.1, -0.05) is 73.9 Å². The van der Waals surface area contributed by atoms with Gasteiger partial charge in [0.25, 0.3) is 21.6 Å². The quantitative estimate of drug-likeness (QED) is 0.0860. The molecule has 0 bridgehead atoms. The smallest absolute Gasteiger partial charge is 0.287 e. The van der Waals surface area contributed by atoms with Crippen molar-refractivity contribution in [1.82, 2.24) is 24.6 Å². The number of nitrogens with one attached hydrogen (secondary N) is 2. The number of benzene rings is 2. The van der Waals surface area contributed by atoms with Gasteiger partial charge in [0.1, 0.15) is 11.4 Å². The number of rotatable bonds is 13. The number of hydrogen-bond acceptors (Lipinski definition) is 10. The molecule has 0 radical (unpaired) electrons. The van der Waals surface area contributed by atoms with E-state index < -0.39 is 20.9 Å². The van der Waals surface area contributed by atoms with Crippen molar-refractivity contribution in [3.8, 4) is 11.5 Å². The highest BCUT2D eigenvalue weighted by atomic mass is 35.5. The van der Waals surface area contributed by atoms with Crippen LogP contribution in [0.15, 0.2) is 89.7 Å². The van der Waals surface area contributed by atoms with E-state index in [1.165, 1.54) is 67.1 Å². The molecular weight excluding hydrogens is 826 g/mol. The van der Waals surface area contributed by atoms with Gasteiger partial charge in [0, 0.05) is 67.0 Å². The molecule has 15 heteroatoms. The summed E-state index contributed by atoms with van der Waals surface area (Å²) in [4.78, 5) is 41.7. The molecule has 1 amide bonds. The van der Waals surface area contributed by atoms with Crippen molar-refractivity contribution in [1.29, 1.82) is 0 Å². The minimum atomic E-state index is -4.55. The van der Waals surface area contributed by atoms with E-state index in [0.29, 0.717) is 47.8 Å². The van der Waals surface area contributed by atoms with Crippen LogP contribution in [0.2, 0.25) is 5.02 Å². The summed E-state index contributed by atoms with van der Waals surface area (Å²) in [5.74, 6) is -0.149. The van der Waals surface area contributed by atoms with Crippen LogP contribution in [0.3, 0.4) is 0 Å². The van der Waals surface area contributed by atoms with Gasteiger partial charge in [0.2, 0.25) is 0 Å². The molecule has 0 atom stereocenters. The summed E-state index contributed by atoms with van der Waals surface area (Å²) in [5, 5.41) is 13.7. The van der Waals surface area contributed by atoms with Crippen LogP contribution in [0.4, 0.5) is 11.4 Å². The Hall–Kier alpha value is -5.31. The molecule has 0 unspecified atom stereocenters. The molecule has 4 heterocycles. The number of aromatic nitrogens is 3. The van der Waals surface area contributed by atoms with E-state index in [9.17, 15) is 23.3 Å². The molecule has 9 rings (SSSR count). The van der Waals surface area contributed by atoms with E-state index in [2.05, 4.69) is 41.6 Å². The molecule has 1 spiro atoms. The van der Waals surface area contributed by atoms with Crippen molar-refractivity contribution in [3.63, 3.8) is 0 Å². The Morgan fingerprint density at radius 3 is 2.48 bits per heavy atom. The fourth-order valence-corrected chi connectivity index (χ4v) is 11.0. The number of carbonyl (C=O) groups excluding carboxylic acids is 1. The fourth-order valence-electron chi connectivity index (χ4n) is 9.94. The molecule has 3 aliphatic carbocycles. The third-order valence-electron chi connectivity index (χ3n) is 13.7. The number of nitrogens with zero attached hydrogens (tertiary/aromatic N) is 5. The van der Waals surface area contributed by atoms with Gasteiger partial charge < -0.3 is 14.6 Å². The predicted octanol–water partition coefficient (Wildman–Crippen LogP) is 9.87. The van der Waals surface area contributed by atoms with Gasteiger partial charge in [-0.3, -0.25) is 19.8 Å². The van der Waals surface area contributed by atoms with Gasteiger partial charge in [-0.05, 0) is 97.7 Å². The second-order valence-corrected chi connectivity index (χ2v) is 19.8. The Balaban J connectivity index is 0.926. The molecule has 3 fully saturated rings. The molecule has 1 saturated heterocycles. The summed E-state index contributed by atoms with van der Waals surface area (Å²) in [6.45, 7) is 3.96. The zero-order valence-electron chi connectivity index (χ0n) is 34.8. The van der Waals surface area contributed by atoms with Crippen molar-refractivity contribution < 1.29 is 22.9 Å². The molecule has 5 aromatic rings. The van der Waals surface area contributed by atoms with E-state index in [1.807, 2.05) is 18.2 Å². The number of H-pyrrole nitrogens is 1. The highest BCUT2D eigenvalue weighted by Crippen LogP contribution is 2.55. The van der Waals surface area contributed by atoms with Gasteiger partial charge in [-0.25, -0.2) is 23.1 Å². The van der Waals surface area contributed by atoms with Crippen LogP contribution in [0.5, 0.6) is 11.5 Å². The van der Waals surface area contributed by atoms with Crippen LogP contribution >= 0.6 is 11.6 Å². The standard InChI is InChI=1S/C47H52ClN7O6S/c48-37-12-9-33(10-13-37)41-28-47(17-4-18-47)19-15-36(41)31-53-21-23-54(24-22-53)38-26-43(61-39-25-35-16-20-49-45(35)51-30-39)44(50-29-38)46(56)52-62(59,60)40-14-11-34(42(27-40)55(57)58)8-7-32-5-2-1-3-6-32/h9-14,16,20,25-27,29-30,32H,1-8,15,17-19,21-24,28,31H2,(H,49,51)(H,52,56). The molecule has 2 N–H and O–H groups in total. The maximum Gasteiger partial charge on any atom is 0.287 e. The summed E-state index contributed by atoms with van der Waals surface area (Å²) in [6, 6.07) is 17.5. The first kappa shape index (κ1) is 42.0. The lowest BCUT2D eigenvalue weighted by Crippen LogP contribution is -2.47. The number of pyridine rings is 2. The first-order valence-electron chi connectivity index (χ1n) is 21.9. The second kappa shape index (κ2) is 17.8. The summed E-state index contributed by atoms with van der Waals surface area (Å²) >= 11 is 6.28. The Kier molecular flexibility index (Phi) is 12.1. The molecular formula is C47H52ClN7O6S. The van der Waals surface area contributed by atoms with E-state index in [-0.39, 0.29) is 22.0 Å². The lowest BCUT2D eigenvalue weighted by molar-refractivity contribution is -0.385. The predicted molar refractivity (Wildman–Crippen MR) is 240 cm³/mol.